The van der Waals surface area contributed by atoms with Gasteiger partial charge in [0.1, 0.15) is 5.82 Å². The quantitative estimate of drug-likeness (QED) is 0.517. The lowest BCUT2D eigenvalue weighted by Crippen LogP contribution is -2.24. The zero-order valence-corrected chi connectivity index (χ0v) is 17.6. The highest BCUT2D eigenvalue weighted by Crippen LogP contribution is 2.35. The molecule has 0 spiro atoms. The minimum atomic E-state index is -0.0593. The van der Waals surface area contributed by atoms with Crippen LogP contribution in [-0.2, 0) is 10.5 Å². The molecular formula is C18H22N6OS2. The molecule has 0 unspecified atom stereocenters. The first-order valence-electron chi connectivity index (χ1n) is 8.40. The highest BCUT2D eigenvalue weighted by Gasteiger charge is 2.22. The minimum Gasteiger partial charge on any atom is -0.336 e. The maximum atomic E-state index is 12.4. The van der Waals surface area contributed by atoms with Crippen molar-refractivity contribution in [2.75, 3.05) is 10.7 Å². The van der Waals surface area contributed by atoms with E-state index in [1.807, 2.05) is 19.2 Å². The summed E-state index contributed by atoms with van der Waals surface area (Å²) in [7, 11) is 0. The van der Waals surface area contributed by atoms with Crippen molar-refractivity contribution in [3.8, 4) is 0 Å². The van der Waals surface area contributed by atoms with Gasteiger partial charge in [-0.05, 0) is 38.8 Å². The molecule has 142 valence electrons. The summed E-state index contributed by atoms with van der Waals surface area (Å²) in [5.41, 5.74) is 5.06. The summed E-state index contributed by atoms with van der Waals surface area (Å²) in [5, 5.41) is 11.2. The zero-order chi connectivity index (χ0) is 19.7. The second-order valence-corrected chi connectivity index (χ2v) is 8.19. The number of carbonyl (C=O) groups is 1. The van der Waals surface area contributed by atoms with Gasteiger partial charge in [-0.25, -0.2) is 9.66 Å². The Hall–Kier alpha value is -2.39. The van der Waals surface area contributed by atoms with Crippen LogP contribution < -0.4 is 10.7 Å². The van der Waals surface area contributed by atoms with E-state index in [0.29, 0.717) is 21.9 Å². The Morgan fingerprint density at radius 1 is 1.22 bits per heavy atom. The first-order chi connectivity index (χ1) is 12.8. The van der Waals surface area contributed by atoms with Crippen LogP contribution in [0.15, 0.2) is 22.7 Å². The van der Waals surface area contributed by atoms with Crippen LogP contribution in [0.1, 0.15) is 35.1 Å². The van der Waals surface area contributed by atoms with Crippen molar-refractivity contribution in [2.24, 2.45) is 0 Å². The summed E-state index contributed by atoms with van der Waals surface area (Å²) in [6.07, 6.45) is 0. The SMILES string of the molecule is CC(=O)N(c1nc(CSc2nnc(C)n2N)cs1)c1c(C)cc(C)cc1C. The molecule has 3 aromatic rings. The number of aromatic nitrogens is 4. The number of hydrogen-bond donors (Lipinski definition) is 1. The molecule has 1 aromatic carbocycles. The number of carbonyl (C=O) groups excluding carboxylic acids is 1. The van der Waals surface area contributed by atoms with Gasteiger partial charge in [-0.15, -0.1) is 21.5 Å². The molecule has 0 fully saturated rings. The highest BCUT2D eigenvalue weighted by molar-refractivity contribution is 7.98. The number of thiazole rings is 1. The molecule has 27 heavy (non-hydrogen) atoms. The first-order valence-corrected chi connectivity index (χ1v) is 10.3. The fourth-order valence-electron chi connectivity index (χ4n) is 2.96. The lowest BCUT2D eigenvalue weighted by Gasteiger charge is -2.23. The first kappa shape index (κ1) is 19.4. The Bertz CT molecular complexity index is 971. The molecular weight excluding hydrogens is 380 g/mol. The van der Waals surface area contributed by atoms with E-state index in [1.54, 1.807) is 18.7 Å². The molecule has 7 nitrogen and oxygen atoms in total. The van der Waals surface area contributed by atoms with Crippen molar-refractivity contribution >= 4 is 39.8 Å². The molecule has 9 heteroatoms. The van der Waals surface area contributed by atoms with E-state index in [4.69, 9.17) is 5.84 Å². The van der Waals surface area contributed by atoms with Gasteiger partial charge in [0.2, 0.25) is 11.1 Å². The molecule has 0 saturated heterocycles. The lowest BCUT2D eigenvalue weighted by atomic mass is 10.0. The van der Waals surface area contributed by atoms with Crippen molar-refractivity contribution < 1.29 is 4.79 Å². The molecule has 2 heterocycles. The Labute approximate surface area is 166 Å². The van der Waals surface area contributed by atoms with Gasteiger partial charge in [0.15, 0.2) is 5.13 Å². The van der Waals surface area contributed by atoms with E-state index < -0.39 is 0 Å². The Morgan fingerprint density at radius 2 is 1.89 bits per heavy atom. The number of rotatable bonds is 5. The number of anilines is 2. The van der Waals surface area contributed by atoms with Crippen molar-refractivity contribution in [3.63, 3.8) is 0 Å². The van der Waals surface area contributed by atoms with Crippen LogP contribution in [-0.4, -0.2) is 25.8 Å². The average molecular weight is 403 g/mol. The molecule has 0 aliphatic carbocycles. The summed E-state index contributed by atoms with van der Waals surface area (Å²) in [6, 6.07) is 4.16. The molecule has 2 aromatic heterocycles. The minimum absolute atomic E-state index is 0.0593. The van der Waals surface area contributed by atoms with E-state index in [0.717, 1.165) is 22.5 Å². The molecule has 2 N–H and O–H groups in total. The van der Waals surface area contributed by atoms with Crippen molar-refractivity contribution in [3.05, 3.63) is 45.7 Å². The maximum Gasteiger partial charge on any atom is 0.230 e. The van der Waals surface area contributed by atoms with Gasteiger partial charge in [-0.3, -0.25) is 9.69 Å². The predicted octanol–water partition coefficient (Wildman–Crippen LogP) is 3.66. The number of aryl methyl sites for hydroxylation is 4. The molecule has 1 amide bonds. The van der Waals surface area contributed by atoms with Gasteiger partial charge in [0.05, 0.1) is 11.4 Å². The number of benzene rings is 1. The lowest BCUT2D eigenvalue weighted by molar-refractivity contribution is -0.115. The van der Waals surface area contributed by atoms with Crippen LogP contribution in [0.25, 0.3) is 0 Å². The average Bonchev–Trinajstić information content (AvgIpc) is 3.16. The van der Waals surface area contributed by atoms with E-state index in [9.17, 15) is 4.79 Å². The number of nitrogens with two attached hydrogens (primary N) is 1. The van der Waals surface area contributed by atoms with E-state index in [-0.39, 0.29) is 5.91 Å². The topological polar surface area (TPSA) is 89.9 Å². The fraction of sp³-hybridized carbons (Fsp3) is 0.333. The standard InChI is InChI=1S/C18H22N6OS2/c1-10-6-11(2)16(12(3)7-10)23(14(5)25)17-20-15(8-26-17)9-27-18-22-21-13(4)24(18)19/h6-8H,9,19H2,1-5H3. The smallest absolute Gasteiger partial charge is 0.230 e. The van der Waals surface area contributed by atoms with Gasteiger partial charge < -0.3 is 5.84 Å². The predicted molar refractivity (Wildman–Crippen MR) is 110 cm³/mol. The third kappa shape index (κ3) is 3.98. The number of hydrogen-bond acceptors (Lipinski definition) is 7. The third-order valence-corrected chi connectivity index (χ3v) is 5.94. The second kappa shape index (κ2) is 7.69. The van der Waals surface area contributed by atoms with Crippen LogP contribution in [0, 0.1) is 27.7 Å². The maximum absolute atomic E-state index is 12.4. The number of nitrogens with zero attached hydrogens (tertiary/aromatic N) is 5. The molecule has 0 aliphatic heterocycles. The van der Waals surface area contributed by atoms with Gasteiger partial charge in [0, 0.05) is 18.1 Å². The van der Waals surface area contributed by atoms with Crippen molar-refractivity contribution in [1.29, 1.82) is 0 Å². The molecule has 0 radical (unpaired) electrons. The Balaban J connectivity index is 1.86. The van der Waals surface area contributed by atoms with E-state index >= 15 is 0 Å². The fourth-order valence-corrected chi connectivity index (χ4v) is 4.74. The molecule has 0 atom stereocenters. The largest absolute Gasteiger partial charge is 0.336 e. The van der Waals surface area contributed by atoms with E-state index in [2.05, 4.69) is 34.2 Å². The van der Waals surface area contributed by atoms with Crippen molar-refractivity contribution in [1.82, 2.24) is 19.9 Å². The van der Waals surface area contributed by atoms with E-state index in [1.165, 1.54) is 33.3 Å². The molecule has 0 aliphatic rings. The summed E-state index contributed by atoms with van der Waals surface area (Å²) >= 11 is 2.92. The Morgan fingerprint density at radius 3 is 2.44 bits per heavy atom. The van der Waals surface area contributed by atoms with Gasteiger partial charge in [-0.1, -0.05) is 29.5 Å². The zero-order valence-electron chi connectivity index (χ0n) is 16.0. The van der Waals surface area contributed by atoms with Crippen LogP contribution >= 0.6 is 23.1 Å². The third-order valence-electron chi connectivity index (χ3n) is 4.09. The Kier molecular flexibility index (Phi) is 5.52. The van der Waals surface area contributed by atoms with Gasteiger partial charge in [0.25, 0.3) is 0 Å². The number of nitrogen functional groups attached to an aromatic ring is 1. The molecule has 0 saturated carbocycles. The van der Waals surface area contributed by atoms with Gasteiger partial charge >= 0.3 is 0 Å². The highest BCUT2D eigenvalue weighted by atomic mass is 32.2. The van der Waals surface area contributed by atoms with Crippen LogP contribution in [0.5, 0.6) is 0 Å². The molecule has 0 bridgehead atoms. The van der Waals surface area contributed by atoms with Crippen molar-refractivity contribution in [2.45, 2.75) is 45.5 Å². The monoisotopic (exact) mass is 402 g/mol. The van der Waals surface area contributed by atoms with Crippen LogP contribution in [0.3, 0.4) is 0 Å². The summed E-state index contributed by atoms with van der Waals surface area (Å²) < 4.78 is 1.46. The summed E-state index contributed by atoms with van der Waals surface area (Å²) in [5.74, 6) is 7.08. The van der Waals surface area contributed by atoms with Crippen LogP contribution in [0.2, 0.25) is 0 Å². The summed E-state index contributed by atoms with van der Waals surface area (Å²) in [4.78, 5) is 18.8. The normalized spacial score (nSPS) is 11.0. The van der Waals surface area contributed by atoms with Crippen LogP contribution in [0.4, 0.5) is 10.8 Å². The molecule has 3 rings (SSSR count). The summed E-state index contributed by atoms with van der Waals surface area (Å²) in [6.45, 7) is 9.46. The number of thioether (sulfide) groups is 1. The van der Waals surface area contributed by atoms with Gasteiger partial charge in [-0.2, -0.15) is 0 Å². The number of amides is 1. The second-order valence-electron chi connectivity index (χ2n) is 6.41.